The number of hydrogen-bond acceptors (Lipinski definition) is 5. The SMILES string of the molecule is COCCN1CCCN(C(=O)c2cn[nH]n2)CC1. The maximum absolute atomic E-state index is 12.1. The molecule has 18 heavy (non-hydrogen) atoms. The number of aromatic amines is 1. The topological polar surface area (TPSA) is 74.3 Å². The van der Waals surface area contributed by atoms with Crippen molar-refractivity contribution in [1.82, 2.24) is 25.2 Å². The van der Waals surface area contributed by atoms with Gasteiger partial charge in [0.1, 0.15) is 0 Å². The van der Waals surface area contributed by atoms with Crippen LogP contribution in [0.1, 0.15) is 16.9 Å². The molecule has 1 amide bonds. The molecule has 1 aliphatic rings. The Morgan fingerprint density at radius 2 is 2.33 bits per heavy atom. The summed E-state index contributed by atoms with van der Waals surface area (Å²) < 4.78 is 5.07. The standard InChI is InChI=1S/C11H19N5O2/c1-18-8-7-15-3-2-4-16(6-5-15)11(17)10-9-12-14-13-10/h9H,2-8H2,1H3,(H,12,13,14). The van der Waals surface area contributed by atoms with Gasteiger partial charge in [0.05, 0.1) is 12.8 Å². The molecule has 1 aromatic rings. The highest BCUT2D eigenvalue weighted by molar-refractivity contribution is 5.91. The van der Waals surface area contributed by atoms with Gasteiger partial charge in [0.2, 0.25) is 0 Å². The van der Waals surface area contributed by atoms with Gasteiger partial charge in [0, 0.05) is 33.3 Å². The van der Waals surface area contributed by atoms with Gasteiger partial charge in [-0.25, -0.2) is 0 Å². The Morgan fingerprint density at radius 1 is 1.44 bits per heavy atom. The van der Waals surface area contributed by atoms with Crippen LogP contribution in [0, 0.1) is 0 Å². The number of nitrogens with one attached hydrogen (secondary N) is 1. The average Bonchev–Trinajstić information content (AvgIpc) is 2.82. The van der Waals surface area contributed by atoms with Crippen molar-refractivity contribution in [2.24, 2.45) is 0 Å². The summed E-state index contributed by atoms with van der Waals surface area (Å²) in [4.78, 5) is 16.3. The molecule has 0 unspecified atom stereocenters. The minimum Gasteiger partial charge on any atom is -0.383 e. The Kier molecular flexibility index (Phi) is 4.66. The van der Waals surface area contributed by atoms with Gasteiger partial charge in [-0.3, -0.25) is 9.69 Å². The first-order chi connectivity index (χ1) is 8.81. The first kappa shape index (κ1) is 13.0. The molecule has 7 nitrogen and oxygen atoms in total. The lowest BCUT2D eigenvalue weighted by atomic mass is 10.3. The van der Waals surface area contributed by atoms with Crippen LogP contribution in [0.15, 0.2) is 6.20 Å². The number of amides is 1. The normalized spacial score (nSPS) is 17.7. The Bertz CT molecular complexity index is 368. The van der Waals surface area contributed by atoms with Gasteiger partial charge in [-0.2, -0.15) is 15.4 Å². The summed E-state index contributed by atoms with van der Waals surface area (Å²) >= 11 is 0. The van der Waals surface area contributed by atoms with Crippen molar-refractivity contribution in [3.05, 3.63) is 11.9 Å². The molecule has 2 rings (SSSR count). The molecule has 1 N–H and O–H groups in total. The van der Waals surface area contributed by atoms with Crippen LogP contribution in [0.4, 0.5) is 0 Å². The van der Waals surface area contributed by atoms with Gasteiger partial charge < -0.3 is 9.64 Å². The molecule has 1 fully saturated rings. The van der Waals surface area contributed by atoms with Gasteiger partial charge in [0.15, 0.2) is 5.69 Å². The number of carbonyl (C=O) groups excluding carboxylic acids is 1. The van der Waals surface area contributed by atoms with E-state index in [1.54, 1.807) is 7.11 Å². The zero-order valence-corrected chi connectivity index (χ0v) is 10.6. The predicted octanol–water partition coefficient (Wildman–Crippen LogP) is -0.401. The molecular weight excluding hydrogens is 234 g/mol. The number of aromatic nitrogens is 3. The lowest BCUT2D eigenvalue weighted by Crippen LogP contribution is -2.36. The summed E-state index contributed by atoms with van der Waals surface area (Å²) in [5.74, 6) is -0.0441. The van der Waals surface area contributed by atoms with Gasteiger partial charge in [0.25, 0.3) is 5.91 Å². The number of ether oxygens (including phenoxy) is 1. The van der Waals surface area contributed by atoms with Gasteiger partial charge in [-0.15, -0.1) is 0 Å². The third kappa shape index (κ3) is 3.27. The largest absolute Gasteiger partial charge is 0.383 e. The molecule has 0 saturated carbocycles. The Labute approximate surface area is 106 Å². The van der Waals surface area contributed by atoms with Crippen LogP contribution < -0.4 is 0 Å². The van der Waals surface area contributed by atoms with Crippen molar-refractivity contribution in [2.45, 2.75) is 6.42 Å². The maximum Gasteiger partial charge on any atom is 0.276 e. The fraction of sp³-hybridized carbons (Fsp3) is 0.727. The highest BCUT2D eigenvalue weighted by atomic mass is 16.5. The lowest BCUT2D eigenvalue weighted by Gasteiger charge is -2.20. The second kappa shape index (κ2) is 6.46. The summed E-state index contributed by atoms with van der Waals surface area (Å²) in [5, 5.41) is 9.96. The van der Waals surface area contributed by atoms with Gasteiger partial charge >= 0.3 is 0 Å². The van der Waals surface area contributed by atoms with Crippen LogP contribution in [-0.4, -0.2) is 77.6 Å². The van der Waals surface area contributed by atoms with Gasteiger partial charge in [-0.1, -0.05) is 0 Å². The van der Waals surface area contributed by atoms with E-state index in [0.717, 1.165) is 45.8 Å². The minimum absolute atomic E-state index is 0.0441. The molecule has 0 radical (unpaired) electrons. The summed E-state index contributed by atoms with van der Waals surface area (Å²) in [6, 6.07) is 0. The van der Waals surface area contributed by atoms with E-state index in [1.807, 2.05) is 4.90 Å². The number of carbonyl (C=O) groups is 1. The highest BCUT2D eigenvalue weighted by Crippen LogP contribution is 2.06. The molecule has 0 aromatic carbocycles. The Morgan fingerprint density at radius 3 is 3.06 bits per heavy atom. The van der Waals surface area contributed by atoms with Crippen molar-refractivity contribution >= 4 is 5.91 Å². The third-order valence-electron chi connectivity index (χ3n) is 3.12. The van der Waals surface area contributed by atoms with E-state index in [1.165, 1.54) is 6.20 Å². The Hall–Kier alpha value is -1.47. The highest BCUT2D eigenvalue weighted by Gasteiger charge is 2.21. The van der Waals surface area contributed by atoms with Crippen LogP contribution in [0.25, 0.3) is 0 Å². The smallest absolute Gasteiger partial charge is 0.276 e. The number of methoxy groups -OCH3 is 1. The zero-order valence-electron chi connectivity index (χ0n) is 10.6. The summed E-state index contributed by atoms with van der Waals surface area (Å²) in [5.41, 5.74) is 0.389. The number of nitrogens with zero attached hydrogens (tertiary/aromatic N) is 4. The molecule has 7 heteroatoms. The van der Waals surface area contributed by atoms with Gasteiger partial charge in [-0.05, 0) is 13.0 Å². The quantitative estimate of drug-likeness (QED) is 0.790. The van der Waals surface area contributed by atoms with E-state index < -0.39 is 0 Å². The predicted molar refractivity (Wildman–Crippen MR) is 65.2 cm³/mol. The first-order valence-electron chi connectivity index (χ1n) is 6.17. The third-order valence-corrected chi connectivity index (χ3v) is 3.12. The first-order valence-corrected chi connectivity index (χ1v) is 6.17. The van der Waals surface area contributed by atoms with E-state index in [-0.39, 0.29) is 5.91 Å². The second-order valence-electron chi connectivity index (χ2n) is 4.34. The Balaban J connectivity index is 1.87. The molecule has 0 spiro atoms. The molecule has 0 atom stereocenters. The molecule has 1 aliphatic heterocycles. The van der Waals surface area contributed by atoms with Crippen LogP contribution >= 0.6 is 0 Å². The van der Waals surface area contributed by atoms with Crippen LogP contribution in [0.2, 0.25) is 0 Å². The fourth-order valence-corrected chi connectivity index (χ4v) is 2.08. The summed E-state index contributed by atoms with van der Waals surface area (Å²) in [6.07, 6.45) is 2.45. The van der Waals surface area contributed by atoms with E-state index in [9.17, 15) is 4.79 Å². The summed E-state index contributed by atoms with van der Waals surface area (Å²) in [6.45, 7) is 5.04. The van der Waals surface area contributed by atoms with Crippen molar-refractivity contribution in [3.8, 4) is 0 Å². The number of H-pyrrole nitrogens is 1. The summed E-state index contributed by atoms with van der Waals surface area (Å²) in [7, 11) is 1.71. The van der Waals surface area contributed by atoms with Crippen molar-refractivity contribution in [1.29, 1.82) is 0 Å². The molecule has 0 bridgehead atoms. The second-order valence-corrected chi connectivity index (χ2v) is 4.34. The average molecular weight is 253 g/mol. The fourth-order valence-electron chi connectivity index (χ4n) is 2.08. The van der Waals surface area contributed by atoms with Crippen molar-refractivity contribution in [2.75, 3.05) is 46.4 Å². The number of hydrogen-bond donors (Lipinski definition) is 1. The van der Waals surface area contributed by atoms with Crippen LogP contribution in [-0.2, 0) is 4.74 Å². The maximum atomic E-state index is 12.1. The molecule has 100 valence electrons. The van der Waals surface area contributed by atoms with Crippen molar-refractivity contribution in [3.63, 3.8) is 0 Å². The van der Waals surface area contributed by atoms with E-state index in [0.29, 0.717) is 5.69 Å². The molecule has 2 heterocycles. The molecule has 1 aromatic heterocycles. The molecule has 0 aliphatic carbocycles. The van der Waals surface area contributed by atoms with Crippen LogP contribution in [0.5, 0.6) is 0 Å². The van der Waals surface area contributed by atoms with E-state index in [2.05, 4.69) is 20.3 Å². The van der Waals surface area contributed by atoms with Crippen molar-refractivity contribution < 1.29 is 9.53 Å². The minimum atomic E-state index is -0.0441. The molecular formula is C11H19N5O2. The monoisotopic (exact) mass is 253 g/mol. The zero-order chi connectivity index (χ0) is 12.8. The van der Waals surface area contributed by atoms with E-state index >= 15 is 0 Å². The molecule has 1 saturated heterocycles. The van der Waals surface area contributed by atoms with Crippen LogP contribution in [0.3, 0.4) is 0 Å². The van der Waals surface area contributed by atoms with E-state index in [4.69, 9.17) is 4.74 Å². The number of rotatable bonds is 4. The lowest BCUT2D eigenvalue weighted by molar-refractivity contribution is 0.0753.